The van der Waals surface area contributed by atoms with Gasteiger partial charge in [0.05, 0.1) is 5.88 Å². The van der Waals surface area contributed by atoms with Crippen LogP contribution in [0.15, 0.2) is 44.2 Å². The molecule has 1 unspecified atom stereocenters. The number of benzene rings is 1. The number of nitrogens with zero attached hydrogens (tertiary/aromatic N) is 5. The van der Waals surface area contributed by atoms with Crippen molar-refractivity contribution in [1.82, 2.24) is 10.2 Å². The predicted molar refractivity (Wildman–Crippen MR) is 156 cm³/mol. The van der Waals surface area contributed by atoms with Gasteiger partial charge in [-0.05, 0) is 30.7 Å². The first-order chi connectivity index (χ1) is 20.3. The van der Waals surface area contributed by atoms with Crippen LogP contribution in [-0.2, 0) is 24.0 Å². The average molecular weight is 617 g/mol. The number of aliphatic imine (C=N–C) groups is 4. The summed E-state index contributed by atoms with van der Waals surface area (Å²) in [5.41, 5.74) is 6.32. The molecule has 0 bridgehead atoms. The van der Waals surface area contributed by atoms with E-state index in [0.29, 0.717) is 23.9 Å². The van der Waals surface area contributed by atoms with Crippen molar-refractivity contribution in [2.45, 2.75) is 37.9 Å². The molecule has 7 N–H and O–H groups in total. The van der Waals surface area contributed by atoms with Gasteiger partial charge >= 0.3 is 23.8 Å². The molecule has 1 saturated heterocycles. The van der Waals surface area contributed by atoms with Crippen molar-refractivity contribution < 1.29 is 44.1 Å². The van der Waals surface area contributed by atoms with E-state index in [1.807, 2.05) is 0 Å². The standard InChI is InChI=1S/C19H19N7O6.C6H9NO3S/c20-19-25-15-14(17(30)26-19)23-11(8-22-15)7-21-10-3-1-9(2-4-10)16(29)24-12(18(31)32)5-6-13(27)28;1-4(8)7-3-11-2-5(7)6(9)10/h1-4,8,11-12,21H,5-7H2,(H,24,29)(H,27,28)(H,31,32)(H2,20,26,30);5H,2-3H2,1H3,(H,9,10)/t11?,12-;5-/m00/s1. The second-order valence-corrected chi connectivity index (χ2v) is 10.1. The van der Waals surface area contributed by atoms with Gasteiger partial charge in [-0.15, -0.1) is 11.8 Å². The molecule has 0 saturated carbocycles. The molecule has 18 heteroatoms. The summed E-state index contributed by atoms with van der Waals surface area (Å²) in [6.07, 6.45) is 0.911. The molecule has 3 aliphatic rings. The number of carboxylic acid groups (broad SMARTS) is 3. The van der Waals surface area contributed by atoms with E-state index in [2.05, 4.69) is 30.6 Å². The normalized spacial score (nSPS) is 19.4. The molecule has 17 nitrogen and oxygen atoms in total. The van der Waals surface area contributed by atoms with Crippen LogP contribution >= 0.6 is 11.8 Å². The van der Waals surface area contributed by atoms with Crippen molar-refractivity contribution in [2.24, 2.45) is 25.7 Å². The molecule has 228 valence electrons. The van der Waals surface area contributed by atoms with Gasteiger partial charge in [0, 0.05) is 43.1 Å². The van der Waals surface area contributed by atoms with Crippen molar-refractivity contribution in [3.05, 3.63) is 29.8 Å². The highest BCUT2D eigenvalue weighted by Crippen LogP contribution is 2.20. The summed E-state index contributed by atoms with van der Waals surface area (Å²) in [4.78, 5) is 84.4. The molecule has 0 spiro atoms. The van der Waals surface area contributed by atoms with Crippen molar-refractivity contribution in [3.63, 3.8) is 0 Å². The minimum absolute atomic E-state index is 0.0383. The van der Waals surface area contributed by atoms with Crippen molar-refractivity contribution in [3.8, 4) is 0 Å². The lowest BCUT2D eigenvalue weighted by Gasteiger charge is -2.17. The number of amides is 3. The molecule has 1 fully saturated rings. The Morgan fingerprint density at radius 3 is 2.40 bits per heavy atom. The number of carbonyl (C=O) groups is 6. The molecule has 0 radical (unpaired) electrons. The fourth-order valence-electron chi connectivity index (χ4n) is 3.78. The summed E-state index contributed by atoms with van der Waals surface area (Å²) < 4.78 is 0. The number of hydrogen-bond donors (Lipinski definition) is 6. The molecule has 0 aliphatic carbocycles. The van der Waals surface area contributed by atoms with E-state index in [-0.39, 0.29) is 41.8 Å². The number of carbonyl (C=O) groups excluding carboxylic acids is 3. The van der Waals surface area contributed by atoms with Crippen LogP contribution in [0.2, 0.25) is 0 Å². The van der Waals surface area contributed by atoms with Crippen LogP contribution in [0.25, 0.3) is 0 Å². The number of nitrogens with two attached hydrogens (primary N) is 1. The van der Waals surface area contributed by atoms with Gasteiger partial charge < -0.3 is 36.6 Å². The zero-order valence-corrected chi connectivity index (χ0v) is 23.5. The summed E-state index contributed by atoms with van der Waals surface area (Å²) >= 11 is 1.47. The molecular weight excluding hydrogens is 588 g/mol. The Morgan fingerprint density at radius 2 is 1.81 bits per heavy atom. The topological polar surface area (TPSA) is 266 Å². The SMILES string of the molecule is CC(=O)N1CSC[C@H]1C(=O)O.NC1=NC(=O)C2=NC(CNc3ccc(C(=O)N[C@@H](CCC(=O)O)C(=O)O)cc3)C=NC2=N1. The second-order valence-electron chi connectivity index (χ2n) is 9.13. The summed E-state index contributed by atoms with van der Waals surface area (Å²) in [6.45, 7) is 1.69. The van der Waals surface area contributed by atoms with Gasteiger partial charge in [0.25, 0.3) is 5.91 Å². The van der Waals surface area contributed by atoms with Crippen molar-refractivity contribution in [2.75, 3.05) is 23.5 Å². The zero-order valence-electron chi connectivity index (χ0n) is 22.7. The van der Waals surface area contributed by atoms with Gasteiger partial charge in [0.15, 0.2) is 11.5 Å². The average Bonchev–Trinajstić information content (AvgIpc) is 3.46. The van der Waals surface area contributed by atoms with Gasteiger partial charge in [0.2, 0.25) is 11.9 Å². The fraction of sp³-hybridized carbons (Fsp3) is 0.360. The largest absolute Gasteiger partial charge is 0.481 e. The maximum absolute atomic E-state index is 12.3. The van der Waals surface area contributed by atoms with Crippen LogP contribution in [0.3, 0.4) is 0 Å². The first-order valence-corrected chi connectivity index (χ1v) is 13.8. The number of thioether (sulfide) groups is 1. The lowest BCUT2D eigenvalue weighted by molar-refractivity contribution is -0.147. The summed E-state index contributed by atoms with van der Waals surface area (Å²) in [6, 6.07) is 3.82. The van der Waals surface area contributed by atoms with Crippen LogP contribution in [0.1, 0.15) is 30.1 Å². The summed E-state index contributed by atoms with van der Waals surface area (Å²) in [7, 11) is 0. The first kappa shape index (κ1) is 32.4. The molecule has 3 aliphatic heterocycles. The third-order valence-electron chi connectivity index (χ3n) is 6.00. The van der Waals surface area contributed by atoms with E-state index >= 15 is 0 Å². The summed E-state index contributed by atoms with van der Waals surface area (Å²) in [5.74, 6) is -3.81. The third kappa shape index (κ3) is 9.18. The number of guanidine groups is 1. The van der Waals surface area contributed by atoms with Crippen molar-refractivity contribution >= 4 is 76.8 Å². The Hall–Kier alpha value is -5.13. The smallest absolute Gasteiger partial charge is 0.327 e. The second kappa shape index (κ2) is 14.7. The van der Waals surface area contributed by atoms with Crippen LogP contribution in [-0.4, -0.2) is 116 Å². The Morgan fingerprint density at radius 1 is 1.12 bits per heavy atom. The molecule has 3 amide bonds. The number of fused-ring (bicyclic) bond motifs is 1. The minimum Gasteiger partial charge on any atom is -0.481 e. The lowest BCUT2D eigenvalue weighted by atomic mass is 10.1. The van der Waals surface area contributed by atoms with E-state index in [4.69, 9.17) is 21.1 Å². The highest BCUT2D eigenvalue weighted by molar-refractivity contribution is 7.99. The molecule has 1 aromatic rings. The van der Waals surface area contributed by atoms with Gasteiger partial charge in [-0.3, -0.25) is 24.2 Å². The highest BCUT2D eigenvalue weighted by Gasteiger charge is 2.32. The lowest BCUT2D eigenvalue weighted by Crippen LogP contribution is -2.41. The third-order valence-corrected chi connectivity index (χ3v) is 7.01. The molecule has 3 atom stereocenters. The molecule has 3 heterocycles. The van der Waals surface area contributed by atoms with E-state index in [1.165, 1.54) is 41.9 Å². The van der Waals surface area contributed by atoms with E-state index in [0.717, 1.165) is 0 Å². The Bertz CT molecular complexity index is 1400. The predicted octanol–water partition coefficient (Wildman–Crippen LogP) is -0.714. The van der Waals surface area contributed by atoms with Gasteiger partial charge in [-0.2, -0.15) is 9.98 Å². The first-order valence-electron chi connectivity index (χ1n) is 12.6. The molecular formula is C25H28N8O9S. The number of hydrogen-bond acceptors (Lipinski definition) is 12. The number of amidine groups is 1. The number of aliphatic carboxylic acids is 3. The quantitative estimate of drug-likeness (QED) is 0.190. The highest BCUT2D eigenvalue weighted by atomic mass is 32.2. The number of nitrogens with one attached hydrogen (secondary N) is 2. The van der Waals surface area contributed by atoms with E-state index in [9.17, 15) is 28.8 Å². The van der Waals surface area contributed by atoms with Crippen LogP contribution in [0.4, 0.5) is 5.69 Å². The maximum Gasteiger partial charge on any atom is 0.327 e. The molecule has 1 aromatic carbocycles. The number of carboxylic acids is 3. The fourth-order valence-corrected chi connectivity index (χ4v) is 4.99. The number of rotatable bonds is 10. The minimum atomic E-state index is -1.31. The van der Waals surface area contributed by atoms with Gasteiger partial charge in [-0.25, -0.2) is 14.6 Å². The van der Waals surface area contributed by atoms with Crippen LogP contribution < -0.4 is 16.4 Å². The molecule has 0 aromatic heterocycles. The molecule has 43 heavy (non-hydrogen) atoms. The van der Waals surface area contributed by atoms with Gasteiger partial charge in [0.1, 0.15) is 18.1 Å². The van der Waals surface area contributed by atoms with Crippen LogP contribution in [0, 0.1) is 0 Å². The monoisotopic (exact) mass is 616 g/mol. The Balaban J connectivity index is 0.000000386. The Kier molecular flexibility index (Phi) is 11.0. The summed E-state index contributed by atoms with van der Waals surface area (Å²) in [5, 5.41) is 31.9. The van der Waals surface area contributed by atoms with E-state index in [1.54, 1.807) is 12.1 Å². The van der Waals surface area contributed by atoms with Gasteiger partial charge in [-0.1, -0.05) is 0 Å². The Labute approximate surface area is 248 Å². The number of anilines is 1. The van der Waals surface area contributed by atoms with Crippen LogP contribution in [0.5, 0.6) is 0 Å². The zero-order chi connectivity index (χ0) is 31.7. The molecule has 4 rings (SSSR count). The van der Waals surface area contributed by atoms with Crippen molar-refractivity contribution in [1.29, 1.82) is 0 Å². The maximum atomic E-state index is 12.3. The van der Waals surface area contributed by atoms with E-state index < -0.39 is 47.8 Å².